The predicted molar refractivity (Wildman–Crippen MR) is 232 cm³/mol. The van der Waals surface area contributed by atoms with E-state index in [9.17, 15) is 5.26 Å². The van der Waals surface area contributed by atoms with E-state index in [1.165, 1.54) is 26.9 Å². The lowest BCUT2D eigenvalue weighted by atomic mass is 9.93. The van der Waals surface area contributed by atoms with Crippen LogP contribution in [0, 0.1) is 11.3 Å². The van der Waals surface area contributed by atoms with Gasteiger partial charge in [0, 0.05) is 27.5 Å². The summed E-state index contributed by atoms with van der Waals surface area (Å²) in [5, 5.41) is 19.0. The number of hydrogen-bond donors (Lipinski definition) is 0. The lowest BCUT2D eigenvalue weighted by Crippen LogP contribution is -2.00. The highest BCUT2D eigenvalue weighted by Gasteiger charge is 2.18. The van der Waals surface area contributed by atoms with Crippen LogP contribution in [-0.4, -0.2) is 15.0 Å². The van der Waals surface area contributed by atoms with Gasteiger partial charge in [0.05, 0.1) is 11.6 Å². The van der Waals surface area contributed by atoms with Crippen molar-refractivity contribution in [2.45, 2.75) is 0 Å². The number of nitriles is 1. The summed E-state index contributed by atoms with van der Waals surface area (Å²) in [5.41, 5.74) is 8.87. The number of fused-ring (bicyclic) bond motifs is 9. The molecule has 0 spiro atoms. The molecule has 0 aliphatic heterocycles. The predicted octanol–water partition coefficient (Wildman–Crippen LogP) is 13.4. The molecule has 0 aliphatic rings. The number of benzene rings is 9. The third-order valence-electron chi connectivity index (χ3n) is 11.0. The van der Waals surface area contributed by atoms with Crippen LogP contribution in [-0.2, 0) is 0 Å². The molecule has 0 saturated heterocycles. The first-order chi connectivity index (χ1) is 28.2. The minimum Gasteiger partial charge on any atom is -0.456 e. The van der Waals surface area contributed by atoms with E-state index in [1.807, 2.05) is 72.8 Å². The molecule has 2 heterocycles. The van der Waals surface area contributed by atoms with E-state index in [4.69, 9.17) is 19.4 Å². The van der Waals surface area contributed by atoms with Crippen molar-refractivity contribution in [2.75, 3.05) is 0 Å². The molecule has 0 unspecified atom stereocenters. The van der Waals surface area contributed by atoms with Crippen LogP contribution in [0.5, 0.6) is 0 Å². The van der Waals surface area contributed by atoms with Gasteiger partial charge in [-0.15, -0.1) is 0 Å². The summed E-state index contributed by atoms with van der Waals surface area (Å²) in [6, 6.07) is 64.5. The maximum Gasteiger partial charge on any atom is 0.164 e. The monoisotopic (exact) mass is 726 g/mol. The Morgan fingerprint density at radius 1 is 0.351 bits per heavy atom. The quantitative estimate of drug-likeness (QED) is 0.165. The normalized spacial score (nSPS) is 11.5. The van der Waals surface area contributed by atoms with Gasteiger partial charge in [-0.05, 0) is 84.9 Å². The van der Waals surface area contributed by atoms with Gasteiger partial charge in [-0.25, -0.2) is 15.0 Å². The lowest BCUT2D eigenvalue weighted by molar-refractivity contribution is 0.669. The number of nitrogens with zero attached hydrogens (tertiary/aromatic N) is 4. The second-order valence-corrected chi connectivity index (χ2v) is 14.3. The van der Waals surface area contributed by atoms with E-state index >= 15 is 0 Å². The molecule has 11 rings (SSSR count). The molecule has 0 N–H and O–H groups in total. The molecule has 0 aliphatic carbocycles. The van der Waals surface area contributed by atoms with Crippen LogP contribution in [0.15, 0.2) is 186 Å². The Hall–Kier alpha value is -7.94. The molecular formula is C52H30N4O. The van der Waals surface area contributed by atoms with Crippen LogP contribution < -0.4 is 0 Å². The van der Waals surface area contributed by atoms with Crippen molar-refractivity contribution in [3.63, 3.8) is 0 Å². The minimum absolute atomic E-state index is 0.544. The molecule has 9 aromatic carbocycles. The van der Waals surface area contributed by atoms with Gasteiger partial charge >= 0.3 is 0 Å². The van der Waals surface area contributed by atoms with Gasteiger partial charge in [-0.1, -0.05) is 152 Å². The third kappa shape index (κ3) is 5.43. The fourth-order valence-electron chi connectivity index (χ4n) is 8.26. The molecule has 11 aromatic rings. The Balaban J connectivity index is 1.10. The molecule has 5 heteroatoms. The van der Waals surface area contributed by atoms with Crippen molar-refractivity contribution in [3.8, 4) is 62.5 Å². The SMILES string of the molecule is N#Cc1ccccc1-c1ccc(-c2nc(-c3ccc4c(c3)oc3cccc(-c5ccccc5)c34)nc(-c3ccc4c5ccccc5c5ccccc5c4c3)n2)cc1. The maximum atomic E-state index is 9.76. The van der Waals surface area contributed by atoms with Crippen molar-refractivity contribution >= 4 is 54.3 Å². The Morgan fingerprint density at radius 3 is 1.53 bits per heavy atom. The topological polar surface area (TPSA) is 75.6 Å². The molecule has 0 radical (unpaired) electrons. The lowest BCUT2D eigenvalue weighted by Gasteiger charge is -2.13. The summed E-state index contributed by atoms with van der Waals surface area (Å²) in [5.74, 6) is 1.67. The molecule has 0 atom stereocenters. The first-order valence-corrected chi connectivity index (χ1v) is 18.9. The third-order valence-corrected chi connectivity index (χ3v) is 11.0. The summed E-state index contributed by atoms with van der Waals surface area (Å²) in [4.78, 5) is 15.4. The van der Waals surface area contributed by atoms with Crippen LogP contribution in [0.4, 0.5) is 0 Å². The summed E-state index contributed by atoms with van der Waals surface area (Å²) >= 11 is 0. The second kappa shape index (κ2) is 13.1. The van der Waals surface area contributed by atoms with Crippen molar-refractivity contribution in [1.82, 2.24) is 15.0 Å². The van der Waals surface area contributed by atoms with Gasteiger partial charge in [0.2, 0.25) is 0 Å². The molecule has 0 saturated carbocycles. The fourth-order valence-corrected chi connectivity index (χ4v) is 8.26. The number of furan rings is 1. The highest BCUT2D eigenvalue weighted by Crippen LogP contribution is 2.40. The zero-order valence-electron chi connectivity index (χ0n) is 30.5. The molecule has 57 heavy (non-hydrogen) atoms. The van der Waals surface area contributed by atoms with E-state index in [0.29, 0.717) is 23.0 Å². The van der Waals surface area contributed by atoms with Crippen molar-refractivity contribution < 1.29 is 4.42 Å². The zero-order valence-corrected chi connectivity index (χ0v) is 30.5. The molecule has 0 fully saturated rings. The minimum atomic E-state index is 0.544. The van der Waals surface area contributed by atoms with Gasteiger partial charge < -0.3 is 4.42 Å². The smallest absolute Gasteiger partial charge is 0.164 e. The Labute approximate surface area is 327 Å². The van der Waals surface area contributed by atoms with Crippen LogP contribution in [0.3, 0.4) is 0 Å². The van der Waals surface area contributed by atoms with Crippen LogP contribution >= 0.6 is 0 Å². The number of aromatic nitrogens is 3. The van der Waals surface area contributed by atoms with Gasteiger partial charge in [0.25, 0.3) is 0 Å². The Kier molecular flexibility index (Phi) is 7.48. The first kappa shape index (κ1) is 32.5. The van der Waals surface area contributed by atoms with Gasteiger partial charge in [-0.2, -0.15) is 5.26 Å². The second-order valence-electron chi connectivity index (χ2n) is 14.3. The van der Waals surface area contributed by atoms with E-state index in [-0.39, 0.29) is 0 Å². The number of hydrogen-bond acceptors (Lipinski definition) is 5. The van der Waals surface area contributed by atoms with E-state index < -0.39 is 0 Å². The van der Waals surface area contributed by atoms with Crippen LogP contribution in [0.1, 0.15) is 5.56 Å². The fraction of sp³-hybridized carbons (Fsp3) is 0. The van der Waals surface area contributed by atoms with Gasteiger partial charge in [-0.3, -0.25) is 0 Å². The van der Waals surface area contributed by atoms with Crippen LogP contribution in [0.25, 0.3) is 111 Å². The van der Waals surface area contributed by atoms with Crippen molar-refractivity contribution in [2.24, 2.45) is 0 Å². The van der Waals surface area contributed by atoms with Crippen LogP contribution in [0.2, 0.25) is 0 Å². The molecule has 0 amide bonds. The first-order valence-electron chi connectivity index (χ1n) is 18.9. The van der Waals surface area contributed by atoms with E-state index in [1.54, 1.807) is 0 Å². The summed E-state index contributed by atoms with van der Waals surface area (Å²) in [6.45, 7) is 0. The summed E-state index contributed by atoms with van der Waals surface area (Å²) in [6.07, 6.45) is 0. The molecule has 0 bridgehead atoms. The molecule has 264 valence electrons. The standard InChI is InChI=1S/C52H30N4O/c53-31-37-13-4-5-14-38(37)33-21-23-34(24-22-33)50-54-51(35-25-27-44-42-17-7-6-15-40(42)41-16-8-9-18-43(41)46(44)29-35)56-52(55-50)36-26-28-45-48(30-36)57-47-20-10-19-39(49(45)47)32-11-2-1-3-12-32/h1-30H. The van der Waals surface area contributed by atoms with E-state index in [0.717, 1.165) is 66.3 Å². The summed E-state index contributed by atoms with van der Waals surface area (Å²) in [7, 11) is 0. The highest BCUT2D eigenvalue weighted by atomic mass is 16.3. The van der Waals surface area contributed by atoms with Gasteiger partial charge in [0.1, 0.15) is 11.2 Å². The summed E-state index contributed by atoms with van der Waals surface area (Å²) < 4.78 is 6.51. The van der Waals surface area contributed by atoms with Crippen molar-refractivity contribution in [1.29, 1.82) is 5.26 Å². The molecule has 5 nitrogen and oxygen atoms in total. The molecular weight excluding hydrogens is 697 g/mol. The average Bonchev–Trinajstić information content (AvgIpc) is 3.67. The largest absolute Gasteiger partial charge is 0.456 e. The Bertz CT molecular complexity index is 3380. The van der Waals surface area contributed by atoms with E-state index in [2.05, 4.69) is 115 Å². The van der Waals surface area contributed by atoms with Gasteiger partial charge in [0.15, 0.2) is 17.5 Å². The average molecular weight is 727 g/mol. The number of rotatable bonds is 5. The maximum absolute atomic E-state index is 9.76. The van der Waals surface area contributed by atoms with Crippen molar-refractivity contribution in [3.05, 3.63) is 188 Å². The Morgan fingerprint density at radius 2 is 0.842 bits per heavy atom. The zero-order chi connectivity index (χ0) is 37.9. The highest BCUT2D eigenvalue weighted by molar-refractivity contribution is 6.25. The molecule has 2 aromatic heterocycles.